The van der Waals surface area contributed by atoms with Crippen molar-refractivity contribution in [3.8, 4) is 0 Å². The summed E-state index contributed by atoms with van der Waals surface area (Å²) in [5.74, 6) is -0.631. The quantitative estimate of drug-likeness (QED) is 0.747. The van der Waals surface area contributed by atoms with Crippen LogP contribution in [-0.4, -0.2) is 21.8 Å². The monoisotopic (exact) mass is 305 g/mol. The molecule has 0 unspecified atom stereocenters. The second-order valence-electron chi connectivity index (χ2n) is 2.97. The van der Waals surface area contributed by atoms with Crippen molar-refractivity contribution in [1.29, 1.82) is 0 Å². The molecule has 0 radical (unpaired) electrons. The largest absolute Gasteiger partial charge is 0.524 e. The number of nitrogens with zero attached hydrogens (tertiary/aromatic N) is 1. The summed E-state index contributed by atoms with van der Waals surface area (Å²) in [6, 6.07) is 0. The summed E-state index contributed by atoms with van der Waals surface area (Å²) >= 11 is 3.02. The molecule has 2 rings (SSSR count). The van der Waals surface area contributed by atoms with Crippen LogP contribution in [0.3, 0.4) is 0 Å². The SMILES string of the molecule is O=C1C(Br)=CC=C2N=CC(OP(=O)(O)O)=C12. The fraction of sp³-hybridized carbons (Fsp3) is 0. The Labute approximate surface area is 98.4 Å². The predicted molar refractivity (Wildman–Crippen MR) is 58.7 cm³/mol. The van der Waals surface area contributed by atoms with Gasteiger partial charge in [-0.1, -0.05) is 0 Å². The number of carbonyl (C=O) groups is 1. The van der Waals surface area contributed by atoms with Crippen molar-refractivity contribution in [1.82, 2.24) is 0 Å². The van der Waals surface area contributed by atoms with E-state index in [9.17, 15) is 9.36 Å². The second kappa shape index (κ2) is 3.78. The summed E-state index contributed by atoms with van der Waals surface area (Å²) < 4.78 is 15.3. The smallest absolute Gasteiger partial charge is 0.402 e. The normalized spacial score (nSPS) is 19.6. The van der Waals surface area contributed by atoms with Crippen LogP contribution < -0.4 is 0 Å². The minimum atomic E-state index is -4.69. The van der Waals surface area contributed by atoms with Crippen LogP contribution in [0.1, 0.15) is 0 Å². The maximum atomic E-state index is 11.7. The molecule has 2 aliphatic rings. The van der Waals surface area contributed by atoms with E-state index in [4.69, 9.17) is 9.79 Å². The Morgan fingerprint density at radius 2 is 2.06 bits per heavy atom. The van der Waals surface area contributed by atoms with E-state index < -0.39 is 13.6 Å². The maximum absolute atomic E-state index is 11.7. The van der Waals surface area contributed by atoms with Gasteiger partial charge in [0.1, 0.15) is 0 Å². The van der Waals surface area contributed by atoms with Gasteiger partial charge in [-0.05, 0) is 28.1 Å². The Kier molecular flexibility index (Phi) is 2.71. The average molecular weight is 306 g/mol. The molecule has 0 fully saturated rings. The van der Waals surface area contributed by atoms with Crippen molar-refractivity contribution in [2.24, 2.45) is 4.99 Å². The number of phosphoric acid groups is 1. The molecule has 0 spiro atoms. The summed E-state index contributed by atoms with van der Waals surface area (Å²) in [5, 5.41) is 0. The topological polar surface area (TPSA) is 96.2 Å². The van der Waals surface area contributed by atoms with Gasteiger partial charge in [0.15, 0.2) is 5.76 Å². The summed E-state index contributed by atoms with van der Waals surface area (Å²) in [5.41, 5.74) is 0.384. The lowest BCUT2D eigenvalue weighted by Gasteiger charge is -2.10. The van der Waals surface area contributed by atoms with E-state index in [1.165, 1.54) is 6.08 Å². The highest BCUT2D eigenvalue weighted by Crippen LogP contribution is 2.42. The number of fused-ring (bicyclic) bond motifs is 1. The minimum Gasteiger partial charge on any atom is -0.402 e. The van der Waals surface area contributed by atoms with Crippen LogP contribution in [0.5, 0.6) is 0 Å². The molecule has 1 aliphatic carbocycles. The first kappa shape index (κ1) is 11.5. The van der Waals surface area contributed by atoms with Crippen LogP contribution in [0.2, 0.25) is 0 Å². The molecule has 0 atom stereocenters. The van der Waals surface area contributed by atoms with Gasteiger partial charge >= 0.3 is 7.82 Å². The van der Waals surface area contributed by atoms with E-state index in [-0.39, 0.29) is 15.8 Å². The maximum Gasteiger partial charge on any atom is 0.524 e. The molecule has 0 amide bonds. The van der Waals surface area contributed by atoms with Gasteiger partial charge in [-0.3, -0.25) is 19.6 Å². The molecule has 2 N–H and O–H groups in total. The van der Waals surface area contributed by atoms with Crippen LogP contribution >= 0.6 is 23.8 Å². The Morgan fingerprint density at radius 3 is 2.69 bits per heavy atom. The Bertz CT molecular complexity index is 539. The molecule has 16 heavy (non-hydrogen) atoms. The summed E-state index contributed by atoms with van der Waals surface area (Å²) in [7, 11) is -4.69. The Hall–Kier alpha value is -1.01. The number of phosphoric ester groups is 1. The molecule has 6 nitrogen and oxygen atoms in total. The highest BCUT2D eigenvalue weighted by molar-refractivity contribution is 9.12. The molecule has 0 aromatic carbocycles. The van der Waals surface area contributed by atoms with Gasteiger partial charge in [-0.2, -0.15) is 0 Å². The van der Waals surface area contributed by atoms with Crippen molar-refractivity contribution >= 4 is 35.8 Å². The summed E-state index contributed by atoms with van der Waals surface area (Å²) in [4.78, 5) is 32.8. The fourth-order valence-corrected chi connectivity index (χ4v) is 2.01. The third-order valence-corrected chi connectivity index (χ3v) is 2.93. The first-order chi connectivity index (χ1) is 7.38. The Morgan fingerprint density at radius 1 is 1.38 bits per heavy atom. The zero-order chi connectivity index (χ0) is 11.9. The molecule has 0 aromatic heterocycles. The molecule has 1 heterocycles. The minimum absolute atomic E-state index is 0.0534. The van der Waals surface area contributed by atoms with Gasteiger partial charge in [0.05, 0.1) is 22.0 Å². The lowest BCUT2D eigenvalue weighted by Crippen LogP contribution is -2.09. The third kappa shape index (κ3) is 2.08. The van der Waals surface area contributed by atoms with Crippen LogP contribution in [0.15, 0.2) is 38.7 Å². The van der Waals surface area contributed by atoms with Crippen molar-refractivity contribution in [2.45, 2.75) is 0 Å². The number of hydrogen-bond donors (Lipinski definition) is 2. The van der Waals surface area contributed by atoms with Crippen molar-refractivity contribution < 1.29 is 23.7 Å². The number of Topliss-reactive ketones (excluding diaryl/α,β-unsaturated/α-hetero) is 1. The van der Waals surface area contributed by atoms with Crippen LogP contribution in [0.25, 0.3) is 0 Å². The number of rotatable bonds is 2. The number of allylic oxidation sites excluding steroid dienone is 5. The first-order valence-corrected chi connectivity index (χ1v) is 6.37. The lowest BCUT2D eigenvalue weighted by molar-refractivity contribution is -0.111. The Balaban J connectivity index is 2.45. The first-order valence-electron chi connectivity index (χ1n) is 4.04. The number of halogens is 1. The number of carbonyl (C=O) groups excluding carboxylic acids is 1. The molecule has 84 valence electrons. The van der Waals surface area contributed by atoms with E-state index in [0.717, 1.165) is 6.21 Å². The summed E-state index contributed by atoms with van der Waals surface area (Å²) in [6.45, 7) is 0. The van der Waals surface area contributed by atoms with Gasteiger partial charge in [-0.15, -0.1) is 0 Å². The van der Waals surface area contributed by atoms with E-state index in [2.05, 4.69) is 25.4 Å². The third-order valence-electron chi connectivity index (χ3n) is 1.87. The molecule has 0 aromatic rings. The average Bonchev–Trinajstić information content (AvgIpc) is 2.53. The summed E-state index contributed by atoms with van der Waals surface area (Å²) in [6.07, 6.45) is 4.17. The van der Waals surface area contributed by atoms with Gasteiger partial charge < -0.3 is 4.52 Å². The number of aliphatic imine (C=N–C) groups is 1. The van der Waals surface area contributed by atoms with Crippen LogP contribution in [0, 0.1) is 0 Å². The fourth-order valence-electron chi connectivity index (χ4n) is 1.28. The number of ketones is 1. The zero-order valence-corrected chi connectivity index (χ0v) is 10.1. The molecule has 1 aliphatic heterocycles. The molecule has 8 heteroatoms. The molecule has 0 saturated heterocycles. The molecule has 0 saturated carbocycles. The van der Waals surface area contributed by atoms with Crippen molar-refractivity contribution in [3.63, 3.8) is 0 Å². The van der Waals surface area contributed by atoms with Gasteiger partial charge in [-0.25, -0.2) is 4.57 Å². The van der Waals surface area contributed by atoms with E-state index >= 15 is 0 Å². The lowest BCUT2D eigenvalue weighted by atomic mass is 10.0. The van der Waals surface area contributed by atoms with E-state index in [1.54, 1.807) is 6.08 Å². The molecular formula is C8H5BrNO5P. The van der Waals surface area contributed by atoms with Crippen LogP contribution in [0.4, 0.5) is 0 Å². The van der Waals surface area contributed by atoms with Gasteiger partial charge in [0.2, 0.25) is 5.78 Å². The van der Waals surface area contributed by atoms with Crippen molar-refractivity contribution in [3.05, 3.63) is 33.7 Å². The highest BCUT2D eigenvalue weighted by atomic mass is 79.9. The zero-order valence-electron chi connectivity index (χ0n) is 7.62. The van der Waals surface area contributed by atoms with E-state index in [0.29, 0.717) is 5.70 Å². The number of hydrogen-bond acceptors (Lipinski definition) is 4. The van der Waals surface area contributed by atoms with Crippen LogP contribution in [-0.2, 0) is 13.9 Å². The van der Waals surface area contributed by atoms with Crippen molar-refractivity contribution in [2.75, 3.05) is 0 Å². The standard InChI is InChI=1S/C8H5BrNO5P/c9-4-1-2-5-7(8(4)11)6(3-10-5)15-16(12,13)14/h1-3H,(H2,12,13,14). The molecular weight excluding hydrogens is 301 g/mol. The van der Waals surface area contributed by atoms with E-state index in [1.807, 2.05) is 0 Å². The molecule has 0 bridgehead atoms. The predicted octanol–water partition coefficient (Wildman–Crippen LogP) is 1.18. The van der Waals surface area contributed by atoms with Gasteiger partial charge in [0, 0.05) is 0 Å². The highest BCUT2D eigenvalue weighted by Gasteiger charge is 2.31. The van der Waals surface area contributed by atoms with Gasteiger partial charge in [0.25, 0.3) is 0 Å². The second-order valence-corrected chi connectivity index (χ2v) is 4.99.